The Morgan fingerprint density at radius 1 is 0.500 bits per heavy atom. The first-order chi connectivity index (χ1) is 19.7. The Labute approximate surface area is 253 Å². The molecule has 0 atom stereocenters. The third kappa shape index (κ3) is 17.9. The van der Waals surface area contributed by atoms with Gasteiger partial charge in [0, 0.05) is 0 Å². The smallest absolute Gasteiger partial charge is 0.0158 e. The highest BCUT2D eigenvalue weighted by molar-refractivity contribution is 5.05. The van der Waals surface area contributed by atoms with Crippen LogP contribution < -0.4 is 0 Å². The summed E-state index contributed by atoms with van der Waals surface area (Å²) in [4.78, 5) is 0. The van der Waals surface area contributed by atoms with Crippen LogP contribution in [0.15, 0.2) is 29.5 Å². The van der Waals surface area contributed by atoms with Crippen molar-refractivity contribution in [2.24, 2.45) is 23.7 Å². The molecule has 40 heavy (non-hydrogen) atoms. The van der Waals surface area contributed by atoms with Gasteiger partial charge in [-0.25, -0.2) is 0 Å². The van der Waals surface area contributed by atoms with Crippen LogP contribution in [-0.2, 0) is 0 Å². The first-order valence-corrected chi connectivity index (χ1v) is 18.9. The minimum absolute atomic E-state index is 0.846. The van der Waals surface area contributed by atoms with E-state index in [4.69, 9.17) is 0 Å². The van der Waals surface area contributed by atoms with Crippen molar-refractivity contribution in [2.45, 2.75) is 201 Å². The maximum Gasteiger partial charge on any atom is -0.0158 e. The van der Waals surface area contributed by atoms with Crippen molar-refractivity contribution in [1.82, 2.24) is 0 Å². The largest absolute Gasteiger partial charge is 0.129 e. The minimum atomic E-state index is 0.846. The van der Waals surface area contributed by atoms with E-state index in [0.717, 1.165) is 23.7 Å². The second-order valence-electron chi connectivity index (χ2n) is 14.1. The van der Waals surface area contributed by atoms with Crippen LogP contribution in [-0.4, -0.2) is 0 Å². The molecule has 0 aliphatic heterocycles. The summed E-state index contributed by atoms with van der Waals surface area (Å²) in [5, 5.41) is 0. The lowest BCUT2D eigenvalue weighted by molar-refractivity contribution is 0.326. The first-order valence-electron chi connectivity index (χ1n) is 18.9. The number of hydrogen-bond donors (Lipinski definition) is 0. The van der Waals surface area contributed by atoms with Gasteiger partial charge in [-0.2, -0.15) is 0 Å². The molecule has 0 unspecified atom stereocenters. The number of allylic oxidation sites excluding steroid dienone is 3. The summed E-state index contributed by atoms with van der Waals surface area (Å²) in [6.45, 7) is 6.74. The van der Waals surface area contributed by atoms with E-state index in [0.29, 0.717) is 0 Å². The van der Waals surface area contributed by atoms with E-state index in [9.17, 15) is 0 Å². The summed E-state index contributed by atoms with van der Waals surface area (Å²) in [6.07, 6.45) is 47.7. The van der Waals surface area contributed by atoms with Crippen molar-refractivity contribution in [3.05, 3.63) is 29.5 Å². The Bertz CT molecular complexity index is 592. The van der Waals surface area contributed by atoms with Gasteiger partial charge in [0.05, 0.1) is 0 Å². The molecule has 0 aromatic heterocycles. The maximum atomic E-state index is 3.47. The van der Waals surface area contributed by atoms with Crippen molar-refractivity contribution >= 4 is 0 Å². The zero-order valence-corrected chi connectivity index (χ0v) is 27.8. The molecule has 0 N–H and O–H groups in total. The first kappa shape index (κ1) is 35.5. The van der Waals surface area contributed by atoms with Crippen molar-refractivity contribution < 1.29 is 0 Å². The van der Waals surface area contributed by atoms with Crippen molar-refractivity contribution in [3.63, 3.8) is 0 Å². The van der Waals surface area contributed by atoms with Crippen LogP contribution in [0.4, 0.5) is 0 Å². The van der Waals surface area contributed by atoms with Crippen LogP contribution in [0, 0.1) is 23.7 Å². The van der Waals surface area contributed by atoms with Gasteiger partial charge in [-0.15, -0.1) is 5.73 Å². The van der Waals surface area contributed by atoms with Crippen LogP contribution in [0.1, 0.15) is 201 Å². The van der Waals surface area contributed by atoms with Crippen molar-refractivity contribution in [1.29, 1.82) is 0 Å². The fourth-order valence-electron chi connectivity index (χ4n) is 7.57. The highest BCUT2D eigenvalue weighted by Crippen LogP contribution is 2.35. The molecule has 4 aliphatic carbocycles. The van der Waals surface area contributed by atoms with Crippen LogP contribution in [0.2, 0.25) is 0 Å². The Balaban J connectivity index is 0.000000247. The van der Waals surface area contributed by atoms with E-state index >= 15 is 0 Å². The highest BCUT2D eigenvalue weighted by atomic mass is 14.2. The number of rotatable bonds is 11. The Morgan fingerprint density at radius 2 is 0.875 bits per heavy atom. The van der Waals surface area contributed by atoms with Gasteiger partial charge in [-0.05, 0) is 80.8 Å². The van der Waals surface area contributed by atoms with Gasteiger partial charge in [0.15, 0.2) is 0 Å². The molecule has 0 heteroatoms. The van der Waals surface area contributed by atoms with Crippen LogP contribution in [0.3, 0.4) is 0 Å². The molecule has 232 valence electrons. The molecule has 0 saturated heterocycles. The summed E-state index contributed by atoms with van der Waals surface area (Å²) in [5.74, 6) is 3.75. The van der Waals surface area contributed by atoms with Gasteiger partial charge < -0.3 is 0 Å². The molecular weight excluding hydrogens is 480 g/mol. The van der Waals surface area contributed by atoms with Crippen molar-refractivity contribution in [2.75, 3.05) is 0 Å². The standard InChI is InChI=1S/C20H36.C15H24.C5H12/c1-2-3-6-15-20(16-18-11-7-4-8-12-18)17-19-13-9-5-10-14-19;1-3-8-14(9-4-1)12-7-13-15-10-5-2-6-11-15;1-3-5-4-2/h15,18-19H,2-14,16-17H2,1H3;12-15H,1-6,8-11H2;3-5H2,1-2H3. The predicted molar refractivity (Wildman–Crippen MR) is 181 cm³/mol. The fraction of sp³-hybridized carbons (Fsp3) is 0.875. The van der Waals surface area contributed by atoms with Gasteiger partial charge >= 0.3 is 0 Å². The van der Waals surface area contributed by atoms with Gasteiger partial charge in [-0.3, -0.25) is 0 Å². The average Bonchev–Trinajstić information content (AvgIpc) is 3.00. The van der Waals surface area contributed by atoms with Gasteiger partial charge in [-0.1, -0.05) is 167 Å². The Kier molecular flexibility index (Phi) is 22.0. The van der Waals surface area contributed by atoms with Gasteiger partial charge in [0.1, 0.15) is 0 Å². The van der Waals surface area contributed by atoms with E-state index in [2.05, 4.69) is 44.7 Å². The molecule has 4 saturated carbocycles. The molecule has 4 fully saturated rings. The molecule has 0 radical (unpaired) electrons. The molecule has 0 aromatic rings. The summed E-state index contributed by atoms with van der Waals surface area (Å²) >= 11 is 0. The molecule has 0 spiro atoms. The third-order valence-electron chi connectivity index (χ3n) is 10.2. The molecule has 4 rings (SSSR count). The molecule has 4 aliphatic rings. The molecular formula is C40H72. The van der Waals surface area contributed by atoms with Gasteiger partial charge in [0.25, 0.3) is 0 Å². The van der Waals surface area contributed by atoms with E-state index in [1.54, 1.807) is 0 Å². The van der Waals surface area contributed by atoms with E-state index in [1.165, 1.54) is 180 Å². The lowest BCUT2D eigenvalue weighted by Crippen LogP contribution is -2.11. The third-order valence-corrected chi connectivity index (χ3v) is 10.2. The van der Waals surface area contributed by atoms with Crippen LogP contribution in [0.5, 0.6) is 0 Å². The molecule has 0 aromatic carbocycles. The maximum absolute atomic E-state index is 3.47. The topological polar surface area (TPSA) is 0 Å². The lowest BCUT2D eigenvalue weighted by atomic mass is 9.79. The average molecular weight is 553 g/mol. The number of unbranched alkanes of at least 4 members (excludes halogenated alkanes) is 4. The quantitative estimate of drug-likeness (QED) is 0.136. The Hall–Kier alpha value is -0.740. The van der Waals surface area contributed by atoms with E-state index in [-0.39, 0.29) is 0 Å². The fourth-order valence-corrected chi connectivity index (χ4v) is 7.57. The van der Waals surface area contributed by atoms with Crippen molar-refractivity contribution in [3.8, 4) is 0 Å². The highest BCUT2D eigenvalue weighted by Gasteiger charge is 2.19. The molecule has 0 nitrogen and oxygen atoms in total. The molecule has 0 amide bonds. The van der Waals surface area contributed by atoms with E-state index < -0.39 is 0 Å². The van der Waals surface area contributed by atoms with E-state index in [1.807, 2.05) is 5.57 Å². The predicted octanol–water partition coefficient (Wildman–Crippen LogP) is 14.1. The zero-order valence-electron chi connectivity index (χ0n) is 27.8. The van der Waals surface area contributed by atoms with Crippen LogP contribution in [0.25, 0.3) is 0 Å². The summed E-state index contributed by atoms with van der Waals surface area (Å²) in [7, 11) is 0. The Morgan fingerprint density at radius 3 is 1.23 bits per heavy atom. The minimum Gasteiger partial charge on any atom is -0.129 e. The number of hydrogen-bond acceptors (Lipinski definition) is 0. The van der Waals surface area contributed by atoms with Crippen LogP contribution >= 0.6 is 0 Å². The monoisotopic (exact) mass is 553 g/mol. The summed E-state index contributed by atoms with van der Waals surface area (Å²) < 4.78 is 0. The molecule has 0 heterocycles. The normalized spacial score (nSPS) is 21.2. The zero-order chi connectivity index (χ0) is 28.5. The summed E-state index contributed by atoms with van der Waals surface area (Å²) in [6, 6.07) is 0. The summed E-state index contributed by atoms with van der Waals surface area (Å²) in [5.41, 5.74) is 5.32. The molecule has 0 bridgehead atoms. The lowest BCUT2D eigenvalue weighted by Gasteiger charge is -2.27. The SMILES string of the molecule is C(=CC1CCCCC1)=CC1CCCCC1.CCCCC.CCCCC=C(CC1CCCCC1)CC1CCCCC1. The second kappa shape index (κ2) is 24.8. The van der Waals surface area contributed by atoms with Gasteiger partial charge in [0.2, 0.25) is 0 Å². The second-order valence-corrected chi connectivity index (χ2v) is 14.1.